The molecule has 2 aromatic rings. The smallest absolute Gasteiger partial charge is 0.243 e. The Balaban J connectivity index is 1.74. The molecule has 3 rings (SSSR count). The van der Waals surface area contributed by atoms with Gasteiger partial charge in [-0.2, -0.15) is 4.98 Å². The first-order chi connectivity index (χ1) is 9.76. The second kappa shape index (κ2) is 5.60. The van der Waals surface area contributed by atoms with Crippen molar-refractivity contribution in [1.82, 2.24) is 15.5 Å². The van der Waals surface area contributed by atoms with E-state index in [1.165, 1.54) is 0 Å². The van der Waals surface area contributed by atoms with E-state index in [0.717, 1.165) is 11.3 Å². The zero-order chi connectivity index (χ0) is 13.9. The van der Waals surface area contributed by atoms with Gasteiger partial charge >= 0.3 is 0 Å². The van der Waals surface area contributed by atoms with Crippen molar-refractivity contribution in [3.8, 4) is 5.75 Å². The number of aromatic nitrogens is 2. The van der Waals surface area contributed by atoms with E-state index in [1.54, 1.807) is 7.11 Å². The van der Waals surface area contributed by atoms with Crippen LogP contribution in [0.4, 0.5) is 0 Å². The van der Waals surface area contributed by atoms with Crippen LogP contribution >= 0.6 is 0 Å². The van der Waals surface area contributed by atoms with Gasteiger partial charge in [0.25, 0.3) is 0 Å². The first-order valence-electron chi connectivity index (χ1n) is 6.62. The van der Waals surface area contributed by atoms with Gasteiger partial charge in [-0.25, -0.2) is 0 Å². The predicted octanol–water partition coefficient (Wildman–Crippen LogP) is 1.06. The predicted molar refractivity (Wildman–Crippen MR) is 71.5 cm³/mol. The van der Waals surface area contributed by atoms with Gasteiger partial charge in [0.2, 0.25) is 5.89 Å². The Morgan fingerprint density at radius 1 is 1.45 bits per heavy atom. The van der Waals surface area contributed by atoms with Crippen molar-refractivity contribution >= 4 is 0 Å². The number of hydrogen-bond acceptors (Lipinski definition) is 6. The van der Waals surface area contributed by atoms with Gasteiger partial charge in [-0.15, -0.1) is 0 Å². The third-order valence-electron chi connectivity index (χ3n) is 3.43. The number of β-amino-alcohol motifs (C(OH)–C–C–N with tert-alkyl or cyclic N) is 1. The standard InChI is InChI=1S/C14H17N3O3/c1-19-12-5-3-2-4-9(12)6-13-16-14(20-17-13)11-7-10(18)8-15-11/h2-5,10-11,15,18H,6-8H2,1H3. The molecule has 6 nitrogen and oxygen atoms in total. The maximum Gasteiger partial charge on any atom is 0.243 e. The summed E-state index contributed by atoms with van der Waals surface area (Å²) in [6, 6.07) is 7.71. The summed E-state index contributed by atoms with van der Waals surface area (Å²) in [4.78, 5) is 4.39. The van der Waals surface area contributed by atoms with Crippen LogP contribution in [0.15, 0.2) is 28.8 Å². The maximum atomic E-state index is 9.50. The summed E-state index contributed by atoms with van der Waals surface area (Å²) in [5, 5.41) is 16.6. The van der Waals surface area contributed by atoms with Gasteiger partial charge in [0.15, 0.2) is 5.82 Å². The Hall–Kier alpha value is -1.92. The minimum absolute atomic E-state index is 0.0519. The second-order valence-electron chi connectivity index (χ2n) is 4.89. The van der Waals surface area contributed by atoms with Gasteiger partial charge in [0.1, 0.15) is 5.75 Å². The highest BCUT2D eigenvalue weighted by atomic mass is 16.5. The summed E-state index contributed by atoms with van der Waals surface area (Å²) in [5.41, 5.74) is 1.02. The normalized spacial score (nSPS) is 22.1. The molecule has 0 radical (unpaired) electrons. The van der Waals surface area contributed by atoms with Crippen LogP contribution in [0.5, 0.6) is 5.75 Å². The molecule has 2 N–H and O–H groups in total. The Morgan fingerprint density at radius 2 is 2.30 bits per heavy atom. The molecule has 2 heterocycles. The summed E-state index contributed by atoms with van der Waals surface area (Å²) in [5.74, 6) is 1.97. The van der Waals surface area contributed by atoms with Crippen LogP contribution in [-0.4, -0.2) is 35.0 Å². The number of nitrogens with one attached hydrogen (secondary N) is 1. The molecule has 106 valence electrons. The second-order valence-corrected chi connectivity index (χ2v) is 4.89. The molecule has 0 aliphatic carbocycles. The average molecular weight is 275 g/mol. The van der Waals surface area contributed by atoms with E-state index in [2.05, 4.69) is 15.5 Å². The lowest BCUT2D eigenvalue weighted by Gasteiger charge is -2.05. The van der Waals surface area contributed by atoms with E-state index in [0.29, 0.717) is 31.1 Å². The van der Waals surface area contributed by atoms with Crippen LogP contribution < -0.4 is 10.1 Å². The van der Waals surface area contributed by atoms with Crippen LogP contribution in [0.25, 0.3) is 0 Å². The zero-order valence-corrected chi connectivity index (χ0v) is 11.2. The summed E-state index contributed by atoms with van der Waals surface area (Å²) >= 11 is 0. The van der Waals surface area contributed by atoms with Crippen LogP contribution in [0.3, 0.4) is 0 Å². The molecule has 0 bridgehead atoms. The number of hydrogen-bond donors (Lipinski definition) is 2. The Morgan fingerprint density at radius 3 is 3.05 bits per heavy atom. The molecular formula is C14H17N3O3. The molecule has 1 fully saturated rings. The SMILES string of the molecule is COc1ccccc1Cc1noc(C2CC(O)CN2)n1. The van der Waals surface area contributed by atoms with E-state index >= 15 is 0 Å². The first-order valence-corrected chi connectivity index (χ1v) is 6.62. The van der Waals surface area contributed by atoms with Crippen molar-refractivity contribution in [2.45, 2.75) is 25.0 Å². The van der Waals surface area contributed by atoms with Gasteiger partial charge in [-0.1, -0.05) is 23.4 Å². The number of nitrogens with zero attached hydrogens (tertiary/aromatic N) is 2. The van der Waals surface area contributed by atoms with Crippen LogP contribution in [0.1, 0.15) is 29.7 Å². The summed E-state index contributed by atoms with van der Waals surface area (Å²) < 4.78 is 10.6. The molecule has 20 heavy (non-hydrogen) atoms. The number of methoxy groups -OCH3 is 1. The van der Waals surface area contributed by atoms with Crippen molar-refractivity contribution in [2.75, 3.05) is 13.7 Å². The monoisotopic (exact) mass is 275 g/mol. The Labute approximate surface area is 116 Å². The fourth-order valence-electron chi connectivity index (χ4n) is 2.41. The number of rotatable bonds is 4. The lowest BCUT2D eigenvalue weighted by Crippen LogP contribution is -2.15. The van der Waals surface area contributed by atoms with Crippen molar-refractivity contribution in [3.63, 3.8) is 0 Å². The molecule has 1 aliphatic rings. The fourth-order valence-corrected chi connectivity index (χ4v) is 2.41. The van der Waals surface area contributed by atoms with Gasteiger partial charge in [-0.3, -0.25) is 0 Å². The lowest BCUT2D eigenvalue weighted by molar-refractivity contribution is 0.191. The molecule has 1 aliphatic heterocycles. The molecule has 0 saturated carbocycles. The molecule has 0 amide bonds. The number of para-hydroxylation sites is 1. The highest BCUT2D eigenvalue weighted by Gasteiger charge is 2.28. The fraction of sp³-hybridized carbons (Fsp3) is 0.429. The zero-order valence-electron chi connectivity index (χ0n) is 11.2. The molecular weight excluding hydrogens is 258 g/mol. The van der Waals surface area contributed by atoms with Crippen molar-refractivity contribution in [1.29, 1.82) is 0 Å². The maximum absolute atomic E-state index is 9.50. The van der Waals surface area contributed by atoms with Crippen molar-refractivity contribution in [2.24, 2.45) is 0 Å². The summed E-state index contributed by atoms with van der Waals surface area (Å²) in [7, 11) is 1.64. The molecule has 1 aromatic carbocycles. The van der Waals surface area contributed by atoms with E-state index in [4.69, 9.17) is 9.26 Å². The Bertz CT molecular complexity index is 585. The minimum Gasteiger partial charge on any atom is -0.496 e. The van der Waals surface area contributed by atoms with Gasteiger partial charge in [-0.05, 0) is 12.5 Å². The molecule has 2 unspecified atom stereocenters. The van der Waals surface area contributed by atoms with Crippen LogP contribution in [0, 0.1) is 0 Å². The largest absolute Gasteiger partial charge is 0.496 e. The molecule has 1 aromatic heterocycles. The minimum atomic E-state index is -0.343. The van der Waals surface area contributed by atoms with Gasteiger partial charge < -0.3 is 19.7 Å². The molecule has 2 atom stereocenters. The number of benzene rings is 1. The highest BCUT2D eigenvalue weighted by molar-refractivity contribution is 5.35. The van der Waals surface area contributed by atoms with E-state index in [1.807, 2.05) is 24.3 Å². The van der Waals surface area contributed by atoms with E-state index in [9.17, 15) is 5.11 Å². The highest BCUT2D eigenvalue weighted by Crippen LogP contribution is 2.24. The molecule has 6 heteroatoms. The lowest BCUT2D eigenvalue weighted by atomic mass is 10.1. The number of aliphatic hydroxyl groups excluding tert-OH is 1. The average Bonchev–Trinajstić information content (AvgIpc) is 3.08. The van der Waals surface area contributed by atoms with Gasteiger partial charge in [0.05, 0.1) is 19.3 Å². The van der Waals surface area contributed by atoms with Crippen LogP contribution in [0.2, 0.25) is 0 Å². The van der Waals surface area contributed by atoms with Crippen molar-refractivity contribution < 1.29 is 14.4 Å². The van der Waals surface area contributed by atoms with Crippen LogP contribution in [-0.2, 0) is 6.42 Å². The third-order valence-corrected chi connectivity index (χ3v) is 3.43. The molecule has 1 saturated heterocycles. The van der Waals surface area contributed by atoms with E-state index in [-0.39, 0.29) is 12.1 Å². The van der Waals surface area contributed by atoms with E-state index < -0.39 is 0 Å². The number of aliphatic hydroxyl groups is 1. The summed E-state index contributed by atoms with van der Waals surface area (Å²) in [6.07, 6.45) is 0.823. The number of ether oxygens (including phenoxy) is 1. The van der Waals surface area contributed by atoms with Crippen molar-refractivity contribution in [3.05, 3.63) is 41.5 Å². The topological polar surface area (TPSA) is 80.4 Å². The van der Waals surface area contributed by atoms with Gasteiger partial charge in [0, 0.05) is 18.5 Å². The first kappa shape index (κ1) is 13.1. The summed E-state index contributed by atoms with van der Waals surface area (Å²) in [6.45, 7) is 0.564. The quantitative estimate of drug-likeness (QED) is 0.868. The third kappa shape index (κ3) is 2.66. The Kier molecular flexibility index (Phi) is 3.66. The molecule has 0 spiro atoms.